The minimum absolute atomic E-state index is 0.777. The van der Waals surface area contributed by atoms with Crippen molar-refractivity contribution in [2.75, 3.05) is 5.73 Å². The molecule has 0 aliphatic carbocycles. The molecule has 2 N–H and O–H groups in total. The Labute approximate surface area is 112 Å². The number of nitrogens with zero attached hydrogens (tertiary/aromatic N) is 1. The molecule has 0 saturated carbocycles. The Morgan fingerprint density at radius 1 is 0.842 bits per heavy atom. The zero-order valence-electron chi connectivity index (χ0n) is 10.5. The van der Waals surface area contributed by atoms with Crippen LogP contribution < -0.4 is 5.73 Å². The van der Waals surface area contributed by atoms with E-state index in [-0.39, 0.29) is 0 Å². The largest absolute Gasteiger partial charge is 0.399 e. The lowest BCUT2D eigenvalue weighted by Gasteiger charge is -1.99. The van der Waals surface area contributed by atoms with E-state index in [1.807, 2.05) is 60.8 Å². The highest BCUT2D eigenvalue weighted by Gasteiger charge is 1.94. The number of fused-ring (bicyclic) bond motifs is 1. The van der Waals surface area contributed by atoms with Crippen molar-refractivity contribution < 1.29 is 0 Å². The van der Waals surface area contributed by atoms with E-state index in [9.17, 15) is 0 Å². The highest BCUT2D eigenvalue weighted by Crippen LogP contribution is 2.15. The van der Waals surface area contributed by atoms with Crippen LogP contribution >= 0.6 is 0 Å². The molecular formula is C17H14N2. The summed E-state index contributed by atoms with van der Waals surface area (Å²) in [6.45, 7) is 0. The molecule has 2 nitrogen and oxygen atoms in total. The van der Waals surface area contributed by atoms with E-state index < -0.39 is 0 Å². The minimum atomic E-state index is 0.777. The lowest BCUT2D eigenvalue weighted by atomic mass is 10.1. The monoisotopic (exact) mass is 246 g/mol. The summed E-state index contributed by atoms with van der Waals surface area (Å²) in [6.07, 6.45) is 5.97. The summed E-state index contributed by atoms with van der Waals surface area (Å²) in [6, 6.07) is 18.0. The molecule has 92 valence electrons. The number of benzene rings is 2. The van der Waals surface area contributed by atoms with Crippen LogP contribution in [0.3, 0.4) is 0 Å². The summed E-state index contributed by atoms with van der Waals surface area (Å²) < 4.78 is 0. The molecule has 3 aromatic rings. The highest BCUT2D eigenvalue weighted by atomic mass is 14.6. The summed E-state index contributed by atoms with van der Waals surface area (Å²) in [5.74, 6) is 0. The number of hydrogen-bond donors (Lipinski definition) is 1. The summed E-state index contributed by atoms with van der Waals surface area (Å²) in [5.41, 5.74) is 9.72. The van der Waals surface area contributed by atoms with Gasteiger partial charge in [0.25, 0.3) is 0 Å². The number of aromatic nitrogens is 1. The van der Waals surface area contributed by atoms with Crippen LogP contribution in [0.4, 0.5) is 5.69 Å². The molecule has 0 radical (unpaired) electrons. The number of para-hydroxylation sites is 1. The van der Waals surface area contributed by atoms with Crippen molar-refractivity contribution in [1.29, 1.82) is 0 Å². The normalized spacial score (nSPS) is 11.2. The maximum Gasteiger partial charge on any atom is 0.0702 e. The Morgan fingerprint density at radius 3 is 2.58 bits per heavy atom. The maximum absolute atomic E-state index is 5.76. The molecular weight excluding hydrogens is 232 g/mol. The van der Waals surface area contributed by atoms with Crippen LogP contribution in [0.15, 0.2) is 60.8 Å². The molecule has 0 amide bonds. The van der Waals surface area contributed by atoms with Crippen LogP contribution in [0.5, 0.6) is 0 Å². The van der Waals surface area contributed by atoms with Crippen molar-refractivity contribution >= 4 is 28.7 Å². The van der Waals surface area contributed by atoms with Gasteiger partial charge in [0.15, 0.2) is 0 Å². The molecule has 0 bridgehead atoms. The standard InChI is InChI=1S/C17H14N2/c18-16-6-3-4-13(11-16)8-9-14-10-15-5-1-2-7-17(15)19-12-14/h1-12H,18H2/b9-8+. The second kappa shape index (κ2) is 4.94. The maximum atomic E-state index is 5.76. The predicted molar refractivity (Wildman–Crippen MR) is 81.5 cm³/mol. The van der Waals surface area contributed by atoms with Crippen LogP contribution in [-0.4, -0.2) is 4.98 Å². The highest BCUT2D eigenvalue weighted by molar-refractivity contribution is 5.82. The third-order valence-corrected chi connectivity index (χ3v) is 2.99. The first-order valence-corrected chi connectivity index (χ1v) is 6.20. The molecule has 1 heterocycles. The van der Waals surface area contributed by atoms with Crippen molar-refractivity contribution in [2.45, 2.75) is 0 Å². The quantitative estimate of drug-likeness (QED) is 0.694. The van der Waals surface area contributed by atoms with Gasteiger partial charge < -0.3 is 5.73 Å². The zero-order chi connectivity index (χ0) is 13.1. The molecule has 3 rings (SSSR count). The van der Waals surface area contributed by atoms with Crippen LogP contribution in [0.1, 0.15) is 11.1 Å². The third kappa shape index (κ3) is 2.63. The lowest BCUT2D eigenvalue weighted by Crippen LogP contribution is -1.84. The third-order valence-electron chi connectivity index (χ3n) is 2.99. The van der Waals surface area contributed by atoms with Gasteiger partial charge in [-0.3, -0.25) is 4.98 Å². The fourth-order valence-electron chi connectivity index (χ4n) is 2.03. The molecule has 0 saturated heterocycles. The predicted octanol–water partition coefficient (Wildman–Crippen LogP) is 3.99. The molecule has 2 aromatic carbocycles. The molecule has 0 aliphatic heterocycles. The van der Waals surface area contributed by atoms with Gasteiger partial charge >= 0.3 is 0 Å². The number of anilines is 1. The van der Waals surface area contributed by atoms with Gasteiger partial charge in [-0.25, -0.2) is 0 Å². The molecule has 0 aliphatic rings. The fraction of sp³-hybridized carbons (Fsp3) is 0. The molecule has 0 unspecified atom stereocenters. The van der Waals surface area contributed by atoms with Crippen molar-refractivity contribution in [3.8, 4) is 0 Å². The van der Waals surface area contributed by atoms with Crippen molar-refractivity contribution in [1.82, 2.24) is 4.98 Å². The van der Waals surface area contributed by atoms with E-state index in [2.05, 4.69) is 17.1 Å². The van der Waals surface area contributed by atoms with E-state index in [4.69, 9.17) is 5.73 Å². The zero-order valence-corrected chi connectivity index (χ0v) is 10.5. The molecule has 0 atom stereocenters. The van der Waals surface area contributed by atoms with Crippen molar-refractivity contribution in [3.05, 3.63) is 71.9 Å². The molecule has 19 heavy (non-hydrogen) atoms. The Balaban J connectivity index is 1.92. The summed E-state index contributed by atoms with van der Waals surface area (Å²) in [5, 5.41) is 1.15. The summed E-state index contributed by atoms with van der Waals surface area (Å²) in [4.78, 5) is 4.44. The average Bonchev–Trinajstić information content (AvgIpc) is 2.45. The second-order valence-electron chi connectivity index (χ2n) is 4.46. The molecule has 0 spiro atoms. The first kappa shape index (κ1) is 11.5. The van der Waals surface area contributed by atoms with Gasteiger partial charge in [0.1, 0.15) is 0 Å². The number of hydrogen-bond acceptors (Lipinski definition) is 2. The van der Waals surface area contributed by atoms with E-state index in [1.165, 1.54) is 0 Å². The van der Waals surface area contributed by atoms with Crippen LogP contribution in [0, 0.1) is 0 Å². The SMILES string of the molecule is Nc1cccc(/C=C/c2cnc3ccccc3c2)c1. The fourth-order valence-corrected chi connectivity index (χ4v) is 2.03. The number of pyridine rings is 1. The van der Waals surface area contributed by atoms with Crippen molar-refractivity contribution in [2.24, 2.45) is 0 Å². The van der Waals surface area contributed by atoms with E-state index in [0.29, 0.717) is 0 Å². The Morgan fingerprint density at radius 2 is 1.68 bits per heavy atom. The smallest absolute Gasteiger partial charge is 0.0702 e. The Hall–Kier alpha value is -2.61. The van der Waals surface area contributed by atoms with Gasteiger partial charge in [-0.05, 0) is 35.4 Å². The Bertz CT molecular complexity index is 745. The van der Waals surface area contributed by atoms with Crippen LogP contribution in [0.2, 0.25) is 0 Å². The topological polar surface area (TPSA) is 38.9 Å². The van der Waals surface area contributed by atoms with Gasteiger partial charge in [-0.1, -0.05) is 42.5 Å². The van der Waals surface area contributed by atoms with Gasteiger partial charge in [-0.2, -0.15) is 0 Å². The first-order valence-electron chi connectivity index (χ1n) is 6.20. The van der Waals surface area contributed by atoms with Crippen molar-refractivity contribution in [3.63, 3.8) is 0 Å². The molecule has 2 heteroatoms. The minimum Gasteiger partial charge on any atom is -0.399 e. The number of nitrogens with two attached hydrogens (primary N) is 1. The number of nitrogen functional groups attached to an aromatic ring is 1. The number of rotatable bonds is 2. The molecule has 1 aromatic heterocycles. The van der Waals surface area contributed by atoms with Gasteiger partial charge in [0.05, 0.1) is 5.52 Å². The summed E-state index contributed by atoms with van der Waals surface area (Å²) >= 11 is 0. The van der Waals surface area contributed by atoms with Crippen LogP contribution in [0.25, 0.3) is 23.1 Å². The second-order valence-corrected chi connectivity index (χ2v) is 4.46. The molecule has 0 fully saturated rings. The van der Waals surface area contributed by atoms with E-state index in [1.54, 1.807) is 0 Å². The van der Waals surface area contributed by atoms with Crippen LogP contribution in [-0.2, 0) is 0 Å². The van der Waals surface area contributed by atoms with E-state index >= 15 is 0 Å². The Kier molecular flexibility index (Phi) is 2.99. The first-order chi connectivity index (χ1) is 9.31. The van der Waals surface area contributed by atoms with E-state index in [0.717, 1.165) is 27.7 Å². The summed E-state index contributed by atoms with van der Waals surface area (Å²) in [7, 11) is 0. The van der Waals surface area contributed by atoms with Gasteiger partial charge in [0, 0.05) is 17.3 Å². The lowest BCUT2D eigenvalue weighted by molar-refractivity contribution is 1.40. The van der Waals surface area contributed by atoms with Gasteiger partial charge in [-0.15, -0.1) is 0 Å². The average molecular weight is 246 g/mol. The van der Waals surface area contributed by atoms with Gasteiger partial charge in [0.2, 0.25) is 0 Å².